The summed E-state index contributed by atoms with van der Waals surface area (Å²) in [6.07, 6.45) is 2.88. The number of hydrogen-bond donors (Lipinski definition) is 1. The van der Waals surface area contributed by atoms with Crippen molar-refractivity contribution >= 4 is 12.4 Å². The smallest absolute Gasteiger partial charge is 0.244 e. The molecule has 0 amide bonds. The number of nitrogens with one attached hydrogen (secondary N) is 1. The first-order valence-electron chi connectivity index (χ1n) is 5.44. The zero-order chi connectivity index (χ0) is 11.7. The number of rotatable bonds is 2. The quantitative estimate of drug-likeness (QED) is 0.903. The van der Waals surface area contributed by atoms with Gasteiger partial charge in [-0.15, -0.1) is 12.4 Å². The Morgan fingerprint density at radius 2 is 2.33 bits per heavy atom. The molecular formula is C11H12ClFN4O. The molecule has 2 aromatic rings. The first-order chi connectivity index (χ1) is 8.33. The second-order valence-electron chi connectivity index (χ2n) is 3.99. The summed E-state index contributed by atoms with van der Waals surface area (Å²) in [5.74, 6) is 0.918. The highest BCUT2D eigenvalue weighted by molar-refractivity contribution is 5.85. The van der Waals surface area contributed by atoms with Crippen molar-refractivity contribution in [2.24, 2.45) is 0 Å². The minimum absolute atomic E-state index is 0. The third kappa shape index (κ3) is 2.49. The number of aromatic nitrogens is 3. The molecular weight excluding hydrogens is 259 g/mol. The normalized spacial score (nSPS) is 22.7. The molecule has 0 bridgehead atoms. The average molecular weight is 271 g/mol. The maximum atomic E-state index is 13.0. The van der Waals surface area contributed by atoms with Crippen LogP contribution in [-0.2, 0) is 0 Å². The highest BCUT2D eigenvalue weighted by Crippen LogP contribution is 2.25. The van der Waals surface area contributed by atoms with Crippen molar-refractivity contribution in [2.75, 3.05) is 6.54 Å². The highest BCUT2D eigenvalue weighted by Gasteiger charge is 2.29. The highest BCUT2D eigenvalue weighted by atomic mass is 35.5. The lowest BCUT2D eigenvalue weighted by Crippen LogP contribution is -2.14. The topological polar surface area (TPSA) is 63.8 Å². The molecule has 18 heavy (non-hydrogen) atoms. The van der Waals surface area contributed by atoms with Crippen molar-refractivity contribution in [3.05, 3.63) is 30.4 Å². The molecule has 0 aromatic carbocycles. The van der Waals surface area contributed by atoms with Gasteiger partial charge in [0.15, 0.2) is 0 Å². The van der Waals surface area contributed by atoms with Crippen LogP contribution < -0.4 is 5.32 Å². The molecule has 0 radical (unpaired) electrons. The van der Waals surface area contributed by atoms with E-state index in [4.69, 9.17) is 4.52 Å². The van der Waals surface area contributed by atoms with Crippen molar-refractivity contribution in [1.82, 2.24) is 20.4 Å². The fourth-order valence-electron chi connectivity index (χ4n) is 1.87. The first kappa shape index (κ1) is 12.9. The maximum absolute atomic E-state index is 13.0. The van der Waals surface area contributed by atoms with Crippen LogP contribution in [0.15, 0.2) is 29.0 Å². The van der Waals surface area contributed by atoms with Gasteiger partial charge >= 0.3 is 0 Å². The van der Waals surface area contributed by atoms with E-state index in [-0.39, 0.29) is 18.4 Å². The maximum Gasteiger partial charge on any atom is 0.244 e. The SMILES string of the molecule is Cl.F[C@@H]1CN[C@@H](c2nc(-c3cccnc3)no2)C1. The Morgan fingerprint density at radius 3 is 3.00 bits per heavy atom. The molecule has 0 saturated carbocycles. The van der Waals surface area contributed by atoms with Crippen molar-refractivity contribution in [1.29, 1.82) is 0 Å². The van der Waals surface area contributed by atoms with Crippen molar-refractivity contribution in [3.63, 3.8) is 0 Å². The molecule has 7 heteroatoms. The van der Waals surface area contributed by atoms with Gasteiger partial charge in [0.2, 0.25) is 11.7 Å². The number of halogens is 2. The fraction of sp³-hybridized carbons (Fsp3) is 0.364. The zero-order valence-corrected chi connectivity index (χ0v) is 10.2. The molecule has 3 heterocycles. The Hall–Kier alpha value is -1.53. The fourth-order valence-corrected chi connectivity index (χ4v) is 1.87. The molecule has 96 valence electrons. The van der Waals surface area contributed by atoms with Crippen LogP contribution in [0.25, 0.3) is 11.4 Å². The van der Waals surface area contributed by atoms with Crippen LogP contribution in [0.5, 0.6) is 0 Å². The molecule has 0 spiro atoms. The van der Waals surface area contributed by atoms with Gasteiger partial charge < -0.3 is 9.84 Å². The third-order valence-corrected chi connectivity index (χ3v) is 2.74. The zero-order valence-electron chi connectivity index (χ0n) is 9.41. The van der Waals surface area contributed by atoms with Gasteiger partial charge in [0.05, 0.1) is 6.04 Å². The van der Waals surface area contributed by atoms with Gasteiger partial charge in [-0.2, -0.15) is 4.98 Å². The lowest BCUT2D eigenvalue weighted by atomic mass is 10.2. The summed E-state index contributed by atoms with van der Waals surface area (Å²) in [6.45, 7) is 0.343. The first-order valence-corrected chi connectivity index (χ1v) is 5.44. The summed E-state index contributed by atoms with van der Waals surface area (Å²) in [4.78, 5) is 8.23. The summed E-state index contributed by atoms with van der Waals surface area (Å²) < 4.78 is 18.2. The Balaban J connectivity index is 0.00000120. The van der Waals surface area contributed by atoms with Crippen LogP contribution in [0.3, 0.4) is 0 Å². The Kier molecular flexibility index (Phi) is 3.88. The molecule has 0 unspecified atom stereocenters. The molecule has 1 aliphatic heterocycles. The van der Waals surface area contributed by atoms with Crippen LogP contribution in [0, 0.1) is 0 Å². The largest absolute Gasteiger partial charge is 0.337 e. The van der Waals surface area contributed by atoms with Crippen LogP contribution >= 0.6 is 12.4 Å². The molecule has 5 nitrogen and oxygen atoms in total. The summed E-state index contributed by atoms with van der Waals surface area (Å²) in [6, 6.07) is 3.47. The van der Waals surface area contributed by atoms with E-state index in [0.29, 0.717) is 24.7 Å². The number of hydrogen-bond acceptors (Lipinski definition) is 5. The molecule has 3 rings (SSSR count). The number of alkyl halides is 1. The van der Waals surface area contributed by atoms with Crippen LogP contribution in [-0.4, -0.2) is 27.8 Å². The Labute approximate surface area is 109 Å². The molecule has 1 N–H and O–H groups in total. The van der Waals surface area contributed by atoms with E-state index in [1.807, 2.05) is 6.07 Å². The second kappa shape index (κ2) is 5.41. The van der Waals surface area contributed by atoms with E-state index in [1.54, 1.807) is 18.5 Å². The van der Waals surface area contributed by atoms with Gasteiger partial charge in [-0.25, -0.2) is 4.39 Å². The monoisotopic (exact) mass is 270 g/mol. The Morgan fingerprint density at radius 1 is 1.44 bits per heavy atom. The van der Waals surface area contributed by atoms with Crippen molar-refractivity contribution in [3.8, 4) is 11.4 Å². The Bertz CT molecular complexity index is 507. The van der Waals surface area contributed by atoms with E-state index < -0.39 is 6.17 Å². The standard InChI is InChI=1S/C11H11FN4O.ClH/c12-8-4-9(14-6-8)11-15-10(16-17-11)7-2-1-3-13-5-7;/h1-3,5,8-9,14H,4,6H2;1H/t8-,9+;/m0./s1. The number of nitrogens with zero attached hydrogens (tertiary/aromatic N) is 3. The van der Waals surface area contributed by atoms with Gasteiger partial charge in [-0.3, -0.25) is 4.98 Å². The van der Waals surface area contributed by atoms with E-state index in [0.717, 1.165) is 5.56 Å². The van der Waals surface area contributed by atoms with Gasteiger partial charge in [-0.05, 0) is 12.1 Å². The molecule has 2 atom stereocenters. The minimum Gasteiger partial charge on any atom is -0.337 e. The van der Waals surface area contributed by atoms with Gasteiger partial charge in [-0.1, -0.05) is 5.16 Å². The third-order valence-electron chi connectivity index (χ3n) is 2.74. The minimum atomic E-state index is -0.839. The summed E-state index contributed by atoms with van der Waals surface area (Å²) in [5, 5.41) is 6.87. The molecule has 0 aliphatic carbocycles. The van der Waals surface area contributed by atoms with Gasteiger partial charge in [0, 0.05) is 30.9 Å². The second-order valence-corrected chi connectivity index (χ2v) is 3.99. The van der Waals surface area contributed by atoms with E-state index in [2.05, 4.69) is 20.4 Å². The van der Waals surface area contributed by atoms with E-state index >= 15 is 0 Å². The van der Waals surface area contributed by atoms with E-state index in [9.17, 15) is 4.39 Å². The van der Waals surface area contributed by atoms with Crippen LogP contribution in [0.4, 0.5) is 4.39 Å². The van der Waals surface area contributed by atoms with Crippen LogP contribution in [0.2, 0.25) is 0 Å². The summed E-state index contributed by atoms with van der Waals surface area (Å²) >= 11 is 0. The van der Waals surface area contributed by atoms with Gasteiger partial charge in [0.25, 0.3) is 0 Å². The average Bonchev–Trinajstić information content (AvgIpc) is 2.98. The predicted molar refractivity (Wildman–Crippen MR) is 65.0 cm³/mol. The molecule has 1 fully saturated rings. The lowest BCUT2D eigenvalue weighted by Gasteiger charge is -2.00. The summed E-state index contributed by atoms with van der Waals surface area (Å²) in [5.41, 5.74) is 0.789. The van der Waals surface area contributed by atoms with Gasteiger partial charge in [0.1, 0.15) is 6.17 Å². The lowest BCUT2D eigenvalue weighted by molar-refractivity contribution is 0.324. The molecule has 1 aliphatic rings. The predicted octanol–water partition coefficient (Wildman–Crippen LogP) is 1.93. The summed E-state index contributed by atoms with van der Waals surface area (Å²) in [7, 11) is 0. The van der Waals surface area contributed by atoms with E-state index in [1.165, 1.54) is 0 Å². The van der Waals surface area contributed by atoms with Crippen molar-refractivity contribution < 1.29 is 8.91 Å². The van der Waals surface area contributed by atoms with Crippen LogP contribution in [0.1, 0.15) is 18.4 Å². The van der Waals surface area contributed by atoms with Crippen molar-refractivity contribution in [2.45, 2.75) is 18.6 Å². The number of pyridine rings is 1. The molecule has 2 aromatic heterocycles. The molecule has 1 saturated heterocycles.